The van der Waals surface area contributed by atoms with Crippen LogP contribution in [-0.4, -0.2) is 27.6 Å². The van der Waals surface area contributed by atoms with Crippen molar-refractivity contribution in [3.05, 3.63) is 23.8 Å². The average Bonchev–Trinajstić information content (AvgIpc) is 2.28. The second-order valence-corrected chi connectivity index (χ2v) is 4.73. The number of carboxylic acid groups (broad SMARTS) is 1. The molecule has 0 aliphatic carbocycles. The zero-order valence-corrected chi connectivity index (χ0v) is 9.97. The topological polar surface area (TPSA) is 83.8 Å². The standard InChI is InChI=1S/C13H14O5/c1-13(5-4-12(16)17)7-10(15)9-6-8(14)2-3-11(9)18-13/h2-3,6,14H,4-5,7H2,1H3,(H,16,17). The summed E-state index contributed by atoms with van der Waals surface area (Å²) in [7, 11) is 0. The molecule has 0 saturated heterocycles. The number of carboxylic acids is 1. The predicted octanol–water partition coefficient (Wildman–Crippen LogP) is 1.98. The first-order valence-electron chi connectivity index (χ1n) is 5.67. The van der Waals surface area contributed by atoms with E-state index in [0.29, 0.717) is 11.3 Å². The van der Waals surface area contributed by atoms with E-state index < -0.39 is 11.6 Å². The Bertz CT molecular complexity index is 508. The molecule has 0 fully saturated rings. The second-order valence-electron chi connectivity index (χ2n) is 4.73. The fourth-order valence-corrected chi connectivity index (χ4v) is 2.07. The first kappa shape index (κ1) is 12.4. The molecule has 1 atom stereocenters. The Labute approximate surface area is 104 Å². The largest absolute Gasteiger partial charge is 0.508 e. The fraction of sp³-hybridized carbons (Fsp3) is 0.385. The molecule has 1 aliphatic heterocycles. The lowest BCUT2D eigenvalue weighted by atomic mass is 9.88. The molecule has 1 unspecified atom stereocenters. The number of hydrogen-bond acceptors (Lipinski definition) is 4. The van der Waals surface area contributed by atoms with Crippen LogP contribution in [0.4, 0.5) is 0 Å². The number of ketones is 1. The Morgan fingerprint density at radius 1 is 1.50 bits per heavy atom. The third-order valence-electron chi connectivity index (χ3n) is 3.02. The van der Waals surface area contributed by atoms with Crippen LogP contribution in [0.2, 0.25) is 0 Å². The number of aromatic hydroxyl groups is 1. The maximum atomic E-state index is 12.0. The van der Waals surface area contributed by atoms with Crippen LogP contribution in [0, 0.1) is 0 Å². The van der Waals surface area contributed by atoms with Crippen molar-refractivity contribution < 1.29 is 24.5 Å². The average molecular weight is 250 g/mol. The zero-order chi connectivity index (χ0) is 13.3. The summed E-state index contributed by atoms with van der Waals surface area (Å²) in [5, 5.41) is 18.0. The van der Waals surface area contributed by atoms with Crippen LogP contribution in [0.25, 0.3) is 0 Å². The Kier molecular flexibility index (Phi) is 2.98. The van der Waals surface area contributed by atoms with Crippen LogP contribution in [0.1, 0.15) is 36.5 Å². The highest BCUT2D eigenvalue weighted by Crippen LogP contribution is 2.37. The first-order chi connectivity index (χ1) is 8.39. The van der Waals surface area contributed by atoms with Gasteiger partial charge in [-0.25, -0.2) is 0 Å². The van der Waals surface area contributed by atoms with Crippen LogP contribution in [0.3, 0.4) is 0 Å². The van der Waals surface area contributed by atoms with E-state index in [9.17, 15) is 14.7 Å². The van der Waals surface area contributed by atoms with E-state index in [0.717, 1.165) is 0 Å². The molecule has 18 heavy (non-hydrogen) atoms. The number of phenolic OH excluding ortho intramolecular Hbond substituents is 1. The van der Waals surface area contributed by atoms with Crippen molar-refractivity contribution in [3.63, 3.8) is 0 Å². The summed E-state index contributed by atoms with van der Waals surface area (Å²) in [4.78, 5) is 22.5. The third-order valence-corrected chi connectivity index (χ3v) is 3.02. The molecular formula is C13H14O5. The highest BCUT2D eigenvalue weighted by atomic mass is 16.5. The summed E-state index contributed by atoms with van der Waals surface area (Å²) >= 11 is 0. The molecule has 0 saturated carbocycles. The molecule has 0 aromatic heterocycles. The van der Waals surface area contributed by atoms with Gasteiger partial charge in [0.1, 0.15) is 17.1 Å². The lowest BCUT2D eigenvalue weighted by Crippen LogP contribution is -2.39. The van der Waals surface area contributed by atoms with Crippen molar-refractivity contribution in [1.82, 2.24) is 0 Å². The summed E-state index contributed by atoms with van der Waals surface area (Å²) in [6.07, 6.45) is 0.350. The molecule has 0 amide bonds. The van der Waals surface area contributed by atoms with E-state index in [4.69, 9.17) is 9.84 Å². The number of benzene rings is 1. The van der Waals surface area contributed by atoms with Gasteiger partial charge in [0.25, 0.3) is 0 Å². The van der Waals surface area contributed by atoms with E-state index >= 15 is 0 Å². The quantitative estimate of drug-likeness (QED) is 0.856. The number of aliphatic carboxylic acids is 1. The van der Waals surface area contributed by atoms with Gasteiger partial charge in [-0.2, -0.15) is 0 Å². The highest BCUT2D eigenvalue weighted by Gasteiger charge is 2.36. The summed E-state index contributed by atoms with van der Waals surface area (Å²) in [6.45, 7) is 1.73. The van der Waals surface area contributed by atoms with Gasteiger partial charge in [-0.15, -0.1) is 0 Å². The summed E-state index contributed by atoms with van der Waals surface area (Å²) < 4.78 is 5.70. The molecular weight excluding hydrogens is 236 g/mol. The Morgan fingerprint density at radius 3 is 2.89 bits per heavy atom. The molecule has 1 aliphatic rings. The Balaban J connectivity index is 2.24. The van der Waals surface area contributed by atoms with Gasteiger partial charge in [0, 0.05) is 6.42 Å². The van der Waals surface area contributed by atoms with E-state index in [-0.39, 0.29) is 30.8 Å². The number of carbonyl (C=O) groups is 2. The maximum Gasteiger partial charge on any atom is 0.303 e. The number of carbonyl (C=O) groups excluding carboxylic acids is 1. The number of phenols is 1. The van der Waals surface area contributed by atoms with Gasteiger partial charge in [0.15, 0.2) is 5.78 Å². The van der Waals surface area contributed by atoms with E-state index in [1.54, 1.807) is 6.92 Å². The lowest BCUT2D eigenvalue weighted by Gasteiger charge is -2.34. The van der Waals surface area contributed by atoms with Crippen LogP contribution < -0.4 is 4.74 Å². The normalized spacial score (nSPS) is 22.2. The molecule has 2 rings (SSSR count). The molecule has 2 N–H and O–H groups in total. The molecule has 0 spiro atoms. The minimum Gasteiger partial charge on any atom is -0.508 e. The lowest BCUT2D eigenvalue weighted by molar-refractivity contribution is -0.138. The molecule has 0 radical (unpaired) electrons. The van der Waals surface area contributed by atoms with Gasteiger partial charge in [-0.1, -0.05) is 0 Å². The SMILES string of the molecule is CC1(CCC(=O)O)CC(=O)c2cc(O)ccc2O1. The van der Waals surface area contributed by atoms with Crippen LogP contribution in [-0.2, 0) is 4.79 Å². The molecule has 1 aromatic carbocycles. The smallest absolute Gasteiger partial charge is 0.303 e. The van der Waals surface area contributed by atoms with Crippen molar-refractivity contribution in [2.45, 2.75) is 31.8 Å². The minimum atomic E-state index is -0.913. The zero-order valence-electron chi connectivity index (χ0n) is 9.97. The van der Waals surface area contributed by atoms with Gasteiger partial charge >= 0.3 is 5.97 Å². The summed E-state index contributed by atoms with van der Waals surface area (Å²) in [5.74, 6) is -0.638. The predicted molar refractivity (Wildman–Crippen MR) is 63.0 cm³/mol. The molecule has 1 heterocycles. The minimum absolute atomic E-state index is 0.0137. The van der Waals surface area contributed by atoms with Crippen molar-refractivity contribution in [2.75, 3.05) is 0 Å². The highest BCUT2D eigenvalue weighted by molar-refractivity contribution is 6.00. The van der Waals surface area contributed by atoms with Gasteiger partial charge in [0.2, 0.25) is 0 Å². The maximum absolute atomic E-state index is 12.0. The van der Waals surface area contributed by atoms with Crippen molar-refractivity contribution in [1.29, 1.82) is 0 Å². The van der Waals surface area contributed by atoms with Crippen LogP contribution in [0.15, 0.2) is 18.2 Å². The van der Waals surface area contributed by atoms with Crippen LogP contribution >= 0.6 is 0 Å². The van der Waals surface area contributed by atoms with Gasteiger partial charge in [-0.3, -0.25) is 9.59 Å². The Morgan fingerprint density at radius 2 is 2.22 bits per heavy atom. The van der Waals surface area contributed by atoms with Gasteiger partial charge < -0.3 is 14.9 Å². The fourth-order valence-electron chi connectivity index (χ4n) is 2.07. The Hall–Kier alpha value is -2.04. The molecule has 0 bridgehead atoms. The second kappa shape index (κ2) is 4.33. The van der Waals surface area contributed by atoms with E-state index in [2.05, 4.69) is 0 Å². The summed E-state index contributed by atoms with van der Waals surface area (Å²) in [5.41, 5.74) is -0.442. The number of rotatable bonds is 3. The van der Waals surface area contributed by atoms with E-state index in [1.807, 2.05) is 0 Å². The monoisotopic (exact) mass is 250 g/mol. The van der Waals surface area contributed by atoms with E-state index in [1.165, 1.54) is 18.2 Å². The molecule has 5 heteroatoms. The van der Waals surface area contributed by atoms with Gasteiger partial charge in [-0.05, 0) is 31.5 Å². The van der Waals surface area contributed by atoms with Crippen LogP contribution in [0.5, 0.6) is 11.5 Å². The number of Topliss-reactive ketones (excluding diaryl/α,β-unsaturated/α-hetero) is 1. The molecule has 5 nitrogen and oxygen atoms in total. The number of hydrogen-bond donors (Lipinski definition) is 2. The van der Waals surface area contributed by atoms with Gasteiger partial charge in [0.05, 0.1) is 12.0 Å². The van der Waals surface area contributed by atoms with Crippen molar-refractivity contribution in [2.24, 2.45) is 0 Å². The van der Waals surface area contributed by atoms with Crippen molar-refractivity contribution in [3.8, 4) is 11.5 Å². The third kappa shape index (κ3) is 2.45. The summed E-state index contributed by atoms with van der Waals surface area (Å²) in [6, 6.07) is 4.34. The number of fused-ring (bicyclic) bond motifs is 1. The number of ether oxygens (including phenoxy) is 1. The van der Waals surface area contributed by atoms with Crippen molar-refractivity contribution >= 4 is 11.8 Å². The first-order valence-corrected chi connectivity index (χ1v) is 5.67. The molecule has 96 valence electrons. The molecule has 1 aromatic rings.